The van der Waals surface area contributed by atoms with Crippen LogP contribution in [0.25, 0.3) is 0 Å². The molecule has 2 aromatic carbocycles. The van der Waals surface area contributed by atoms with Gasteiger partial charge in [0, 0.05) is 36.6 Å². The Kier molecular flexibility index (Phi) is 12.1. The Bertz CT molecular complexity index is 1270. The molecule has 2 aromatic heterocycles. The molecule has 0 bridgehead atoms. The van der Waals surface area contributed by atoms with E-state index >= 15 is 0 Å². The molecule has 0 aliphatic carbocycles. The lowest BCUT2D eigenvalue weighted by atomic mass is 10.2. The predicted molar refractivity (Wildman–Crippen MR) is 147 cm³/mol. The molecule has 4 aromatic rings. The third kappa shape index (κ3) is 11.2. The van der Waals surface area contributed by atoms with Crippen molar-refractivity contribution in [3.63, 3.8) is 0 Å². The largest absolute Gasteiger partial charge is 0.480 e. The number of hydrogen-bond donors (Lipinski definition) is 6. The number of aromatic nitrogens is 4. The summed E-state index contributed by atoms with van der Waals surface area (Å²) in [5, 5.41) is 22.8. The smallest absolute Gasteiger partial charge is 0.408 e. The summed E-state index contributed by atoms with van der Waals surface area (Å²) in [6.45, 7) is 0.173. The van der Waals surface area contributed by atoms with Crippen molar-refractivity contribution in [3.8, 4) is 0 Å². The Hall–Kier alpha value is -5.66. The molecular formula is C28H30N6O8. The summed E-state index contributed by atoms with van der Waals surface area (Å²) < 4.78 is 9.98. The van der Waals surface area contributed by atoms with Crippen LogP contribution in [0, 0.1) is 0 Å². The molecule has 2 unspecified atom stereocenters. The number of aliphatic carboxylic acids is 2. The molecule has 2 amide bonds. The number of benzene rings is 2. The van der Waals surface area contributed by atoms with E-state index in [1.54, 1.807) is 0 Å². The Morgan fingerprint density at radius 3 is 1.36 bits per heavy atom. The van der Waals surface area contributed by atoms with Gasteiger partial charge in [-0.1, -0.05) is 60.7 Å². The highest BCUT2D eigenvalue weighted by molar-refractivity contribution is 5.80. The number of alkyl carbamates (subject to hydrolysis) is 2. The van der Waals surface area contributed by atoms with Crippen molar-refractivity contribution in [1.29, 1.82) is 0 Å². The Morgan fingerprint density at radius 2 is 1.05 bits per heavy atom. The van der Waals surface area contributed by atoms with E-state index in [-0.39, 0.29) is 26.1 Å². The molecule has 220 valence electrons. The highest BCUT2D eigenvalue weighted by Gasteiger charge is 2.22. The Labute approximate surface area is 240 Å². The number of carboxylic acid groups (broad SMARTS) is 2. The topological polar surface area (TPSA) is 209 Å². The second-order valence-electron chi connectivity index (χ2n) is 8.76. The molecule has 2 heterocycles. The van der Waals surface area contributed by atoms with Crippen LogP contribution in [-0.4, -0.2) is 66.4 Å². The fourth-order valence-electron chi connectivity index (χ4n) is 3.45. The maximum Gasteiger partial charge on any atom is 0.408 e. The van der Waals surface area contributed by atoms with E-state index in [4.69, 9.17) is 19.7 Å². The van der Waals surface area contributed by atoms with Crippen LogP contribution in [0.4, 0.5) is 9.59 Å². The molecule has 2 atom stereocenters. The first-order chi connectivity index (χ1) is 20.3. The SMILES string of the molecule is O=C(NC(Cc1cnc[nH]1)C(=O)O)OCc1ccccc1.O=C(NC(Cc1cnc[nH]1)C(=O)O)OCc1ccccc1. The molecule has 0 radical (unpaired) electrons. The van der Waals surface area contributed by atoms with Crippen molar-refractivity contribution in [2.45, 2.75) is 38.1 Å². The first-order valence-corrected chi connectivity index (χ1v) is 12.6. The van der Waals surface area contributed by atoms with Crippen LogP contribution in [0.3, 0.4) is 0 Å². The van der Waals surface area contributed by atoms with Gasteiger partial charge in [0.25, 0.3) is 0 Å². The van der Waals surface area contributed by atoms with Gasteiger partial charge in [-0.15, -0.1) is 0 Å². The summed E-state index contributed by atoms with van der Waals surface area (Å²) in [6.07, 6.45) is 4.58. The van der Waals surface area contributed by atoms with Gasteiger partial charge < -0.3 is 40.3 Å². The Balaban J connectivity index is 0.000000230. The summed E-state index contributed by atoms with van der Waals surface area (Å²) in [4.78, 5) is 58.7. The van der Waals surface area contributed by atoms with Gasteiger partial charge in [-0.25, -0.2) is 29.1 Å². The fourth-order valence-corrected chi connectivity index (χ4v) is 3.45. The molecule has 0 spiro atoms. The molecule has 4 rings (SSSR count). The summed E-state index contributed by atoms with van der Waals surface area (Å²) >= 11 is 0. The van der Waals surface area contributed by atoms with E-state index in [9.17, 15) is 19.2 Å². The second-order valence-corrected chi connectivity index (χ2v) is 8.76. The average Bonchev–Trinajstić information content (AvgIpc) is 3.70. The molecule has 14 heteroatoms. The molecular weight excluding hydrogens is 548 g/mol. The van der Waals surface area contributed by atoms with Crippen molar-refractivity contribution >= 4 is 24.1 Å². The first kappa shape index (κ1) is 30.9. The zero-order valence-electron chi connectivity index (χ0n) is 22.3. The van der Waals surface area contributed by atoms with E-state index in [1.165, 1.54) is 25.0 Å². The number of carboxylic acids is 2. The number of amides is 2. The number of ether oxygens (including phenoxy) is 2. The lowest BCUT2D eigenvalue weighted by molar-refractivity contribution is -0.140. The first-order valence-electron chi connectivity index (χ1n) is 12.6. The number of hydrogen-bond acceptors (Lipinski definition) is 8. The number of nitrogens with zero attached hydrogens (tertiary/aromatic N) is 2. The normalized spacial score (nSPS) is 11.6. The lowest BCUT2D eigenvalue weighted by Gasteiger charge is -2.13. The number of imidazole rings is 2. The number of carbonyl (C=O) groups excluding carboxylic acids is 2. The van der Waals surface area contributed by atoms with Gasteiger partial charge in [-0.2, -0.15) is 0 Å². The van der Waals surface area contributed by atoms with Crippen molar-refractivity contribution in [2.75, 3.05) is 0 Å². The minimum atomic E-state index is -1.14. The van der Waals surface area contributed by atoms with Crippen LogP contribution in [0.5, 0.6) is 0 Å². The molecule has 42 heavy (non-hydrogen) atoms. The number of nitrogens with one attached hydrogen (secondary N) is 4. The van der Waals surface area contributed by atoms with Crippen molar-refractivity contribution in [1.82, 2.24) is 30.6 Å². The monoisotopic (exact) mass is 578 g/mol. The van der Waals surface area contributed by atoms with Crippen molar-refractivity contribution in [3.05, 3.63) is 108 Å². The molecule has 14 nitrogen and oxygen atoms in total. The van der Waals surface area contributed by atoms with Crippen LogP contribution in [0.2, 0.25) is 0 Å². The zero-order valence-corrected chi connectivity index (χ0v) is 22.3. The predicted octanol–water partition coefficient (Wildman–Crippen LogP) is 2.66. The quantitative estimate of drug-likeness (QED) is 0.145. The highest BCUT2D eigenvalue weighted by atomic mass is 16.6. The molecule has 6 N–H and O–H groups in total. The second kappa shape index (κ2) is 16.4. The van der Waals surface area contributed by atoms with Gasteiger partial charge in [0.2, 0.25) is 0 Å². The van der Waals surface area contributed by atoms with E-state index in [2.05, 4.69) is 30.6 Å². The number of rotatable bonds is 12. The number of H-pyrrole nitrogens is 2. The average molecular weight is 579 g/mol. The number of carbonyl (C=O) groups is 4. The fraction of sp³-hybridized carbons (Fsp3) is 0.214. The summed E-state index contributed by atoms with van der Waals surface area (Å²) in [5.41, 5.74) is 2.89. The maximum absolute atomic E-state index is 11.6. The van der Waals surface area contributed by atoms with Gasteiger partial charge in [0.05, 0.1) is 12.7 Å². The van der Waals surface area contributed by atoms with Crippen LogP contribution in [0.1, 0.15) is 22.5 Å². The lowest BCUT2D eigenvalue weighted by Crippen LogP contribution is -2.42. The van der Waals surface area contributed by atoms with E-state index in [1.807, 2.05) is 60.7 Å². The van der Waals surface area contributed by atoms with Gasteiger partial charge in [-0.3, -0.25) is 0 Å². The van der Waals surface area contributed by atoms with E-state index < -0.39 is 36.2 Å². The van der Waals surface area contributed by atoms with Crippen LogP contribution < -0.4 is 10.6 Å². The van der Waals surface area contributed by atoms with Crippen molar-refractivity contribution < 1.29 is 38.9 Å². The highest BCUT2D eigenvalue weighted by Crippen LogP contribution is 2.04. The van der Waals surface area contributed by atoms with Crippen LogP contribution in [0.15, 0.2) is 85.7 Å². The summed E-state index contributed by atoms with van der Waals surface area (Å²) in [7, 11) is 0. The third-order valence-electron chi connectivity index (χ3n) is 5.56. The van der Waals surface area contributed by atoms with Gasteiger partial charge in [0.15, 0.2) is 0 Å². The third-order valence-corrected chi connectivity index (χ3v) is 5.56. The maximum atomic E-state index is 11.6. The molecule has 0 fully saturated rings. The van der Waals surface area contributed by atoms with E-state index in [0.717, 1.165) is 11.1 Å². The van der Waals surface area contributed by atoms with E-state index in [0.29, 0.717) is 11.4 Å². The van der Waals surface area contributed by atoms with Crippen molar-refractivity contribution in [2.24, 2.45) is 0 Å². The molecule has 0 aliphatic rings. The van der Waals surface area contributed by atoms with Gasteiger partial charge >= 0.3 is 24.1 Å². The minimum Gasteiger partial charge on any atom is -0.480 e. The minimum absolute atomic E-state index is 0.0864. The standard InChI is InChI=1S/2C14H15N3O4/c2*18-13(19)12(6-11-7-15-9-16-11)17-14(20)21-8-10-4-2-1-3-5-10/h2*1-5,7,9,12H,6,8H2,(H,15,16)(H,17,20)(H,18,19). The summed E-state index contributed by atoms with van der Waals surface area (Å²) in [5.74, 6) is -2.28. The molecule has 0 saturated carbocycles. The van der Waals surface area contributed by atoms with Gasteiger partial charge in [0.1, 0.15) is 25.3 Å². The molecule has 0 aliphatic heterocycles. The van der Waals surface area contributed by atoms with Crippen LogP contribution >= 0.6 is 0 Å². The number of aromatic amines is 2. The Morgan fingerprint density at radius 1 is 0.667 bits per heavy atom. The van der Waals surface area contributed by atoms with Crippen LogP contribution in [-0.2, 0) is 45.1 Å². The van der Waals surface area contributed by atoms with Gasteiger partial charge in [-0.05, 0) is 11.1 Å². The molecule has 0 saturated heterocycles. The zero-order chi connectivity index (χ0) is 30.2. The summed E-state index contributed by atoms with van der Waals surface area (Å²) in [6, 6.07) is 16.1.